The molecule has 3 aromatic carbocycles. The molecule has 3 heterocycles. The summed E-state index contributed by atoms with van der Waals surface area (Å²) in [6.07, 6.45) is 1.09. The van der Waals surface area contributed by atoms with Gasteiger partial charge < -0.3 is 10.1 Å². The van der Waals surface area contributed by atoms with Crippen LogP contribution in [0.4, 0.5) is 10.3 Å². The molecule has 0 saturated carbocycles. The molecule has 30 heavy (non-hydrogen) atoms. The lowest BCUT2D eigenvalue weighted by Crippen LogP contribution is -2.32. The van der Waals surface area contributed by atoms with E-state index in [0.717, 1.165) is 28.1 Å². The molecule has 146 valence electrons. The quantitative estimate of drug-likeness (QED) is 0.519. The summed E-state index contributed by atoms with van der Waals surface area (Å²) in [7, 11) is 0. The van der Waals surface area contributed by atoms with Crippen LogP contribution in [0.2, 0.25) is 0 Å². The SMILES string of the molecule is Fc1ccccc1[C@@H]1C2=C(Nc3ncnn31)c1ccccc1O[C@H]2c1ccccc1. The summed E-state index contributed by atoms with van der Waals surface area (Å²) < 4.78 is 23.2. The summed E-state index contributed by atoms with van der Waals surface area (Å²) in [4.78, 5) is 4.37. The van der Waals surface area contributed by atoms with Crippen LogP contribution < -0.4 is 10.1 Å². The number of hydrogen-bond acceptors (Lipinski definition) is 4. The zero-order valence-corrected chi connectivity index (χ0v) is 15.9. The Morgan fingerprint density at radius 3 is 2.53 bits per heavy atom. The minimum Gasteiger partial charge on any atom is -0.480 e. The van der Waals surface area contributed by atoms with Crippen LogP contribution >= 0.6 is 0 Å². The molecule has 0 radical (unpaired) electrons. The van der Waals surface area contributed by atoms with E-state index < -0.39 is 12.1 Å². The highest BCUT2D eigenvalue weighted by Crippen LogP contribution is 2.50. The first kappa shape index (κ1) is 17.0. The summed E-state index contributed by atoms with van der Waals surface area (Å²) >= 11 is 0. The molecular weight excluding hydrogens is 379 g/mol. The second-order valence-corrected chi connectivity index (χ2v) is 7.31. The molecule has 4 aromatic rings. The molecule has 2 aliphatic rings. The van der Waals surface area contributed by atoms with Crippen molar-refractivity contribution in [1.29, 1.82) is 0 Å². The number of nitrogens with one attached hydrogen (secondary N) is 1. The zero-order valence-electron chi connectivity index (χ0n) is 15.9. The molecule has 2 atom stereocenters. The average molecular weight is 396 g/mol. The molecule has 0 fully saturated rings. The fourth-order valence-corrected chi connectivity index (χ4v) is 4.32. The molecule has 6 rings (SSSR count). The number of para-hydroxylation sites is 1. The number of rotatable bonds is 2. The van der Waals surface area contributed by atoms with E-state index in [9.17, 15) is 0 Å². The highest BCUT2D eigenvalue weighted by atomic mass is 19.1. The van der Waals surface area contributed by atoms with Crippen LogP contribution in [-0.2, 0) is 0 Å². The number of halogens is 1. The van der Waals surface area contributed by atoms with Gasteiger partial charge in [-0.1, -0.05) is 60.7 Å². The second-order valence-electron chi connectivity index (χ2n) is 7.31. The van der Waals surface area contributed by atoms with Crippen LogP contribution in [-0.4, -0.2) is 14.8 Å². The lowest BCUT2D eigenvalue weighted by atomic mass is 9.84. The Labute approximate surface area is 172 Å². The predicted molar refractivity (Wildman–Crippen MR) is 111 cm³/mol. The van der Waals surface area contributed by atoms with Crippen molar-refractivity contribution in [3.8, 4) is 5.75 Å². The highest BCUT2D eigenvalue weighted by Gasteiger charge is 2.41. The minimum absolute atomic E-state index is 0.289. The Morgan fingerprint density at radius 1 is 0.900 bits per heavy atom. The van der Waals surface area contributed by atoms with Gasteiger partial charge in [-0.2, -0.15) is 10.1 Å². The Kier molecular flexibility index (Phi) is 3.71. The van der Waals surface area contributed by atoms with Crippen molar-refractivity contribution in [2.24, 2.45) is 0 Å². The van der Waals surface area contributed by atoms with Gasteiger partial charge >= 0.3 is 0 Å². The first-order chi connectivity index (χ1) is 14.8. The Bertz CT molecular complexity index is 1280. The molecule has 1 aromatic heterocycles. The van der Waals surface area contributed by atoms with Crippen molar-refractivity contribution in [1.82, 2.24) is 14.8 Å². The third-order valence-electron chi connectivity index (χ3n) is 5.62. The normalized spacial score (nSPS) is 19.2. The smallest absolute Gasteiger partial charge is 0.226 e. The molecular formula is C24H17FN4O. The van der Waals surface area contributed by atoms with Crippen molar-refractivity contribution in [2.75, 3.05) is 5.32 Å². The van der Waals surface area contributed by atoms with Crippen molar-refractivity contribution in [3.63, 3.8) is 0 Å². The number of aromatic nitrogens is 3. The van der Waals surface area contributed by atoms with Crippen LogP contribution in [0.25, 0.3) is 5.70 Å². The summed E-state index contributed by atoms with van der Waals surface area (Å²) in [5.41, 5.74) is 4.24. The third-order valence-corrected chi connectivity index (χ3v) is 5.62. The van der Waals surface area contributed by atoms with Gasteiger partial charge in [0.25, 0.3) is 0 Å². The standard InChI is InChI=1S/C24H17FN4O/c25-18-12-6-4-10-16(18)22-20-21(28-24-26-14-27-29(22)24)17-11-5-7-13-19(17)30-23(20)15-8-2-1-3-9-15/h1-14,22-23H,(H,26,27,28)/t22-,23+/m1/s1. The maximum atomic E-state index is 15.0. The number of hydrogen-bond donors (Lipinski definition) is 1. The van der Waals surface area contributed by atoms with Crippen molar-refractivity contribution < 1.29 is 9.13 Å². The summed E-state index contributed by atoms with van der Waals surface area (Å²) in [6.45, 7) is 0. The van der Waals surface area contributed by atoms with Crippen LogP contribution in [0.1, 0.15) is 28.8 Å². The molecule has 0 aliphatic carbocycles. The van der Waals surface area contributed by atoms with E-state index in [1.165, 1.54) is 12.4 Å². The molecule has 2 aliphatic heterocycles. The predicted octanol–water partition coefficient (Wildman–Crippen LogP) is 4.98. The monoisotopic (exact) mass is 396 g/mol. The van der Waals surface area contributed by atoms with Gasteiger partial charge in [0.2, 0.25) is 5.95 Å². The summed E-state index contributed by atoms with van der Waals surface area (Å²) in [6, 6.07) is 24.2. The number of anilines is 1. The average Bonchev–Trinajstić information content (AvgIpc) is 3.27. The molecule has 0 unspecified atom stereocenters. The van der Waals surface area contributed by atoms with E-state index in [-0.39, 0.29) is 5.82 Å². The Balaban J connectivity index is 1.66. The van der Waals surface area contributed by atoms with Crippen LogP contribution in [0.15, 0.2) is 90.8 Å². The minimum atomic E-state index is -0.487. The molecule has 0 saturated heterocycles. The van der Waals surface area contributed by atoms with Crippen molar-refractivity contribution >= 4 is 11.6 Å². The zero-order chi connectivity index (χ0) is 20.1. The molecule has 0 bridgehead atoms. The molecule has 0 spiro atoms. The summed E-state index contributed by atoms with van der Waals surface area (Å²) in [5.74, 6) is 1.06. The lowest BCUT2D eigenvalue weighted by molar-refractivity contribution is 0.222. The summed E-state index contributed by atoms with van der Waals surface area (Å²) in [5, 5.41) is 7.84. The van der Waals surface area contributed by atoms with E-state index >= 15 is 4.39 Å². The number of fused-ring (bicyclic) bond motifs is 3. The Morgan fingerprint density at radius 2 is 1.67 bits per heavy atom. The van der Waals surface area contributed by atoms with E-state index in [0.29, 0.717) is 11.5 Å². The van der Waals surface area contributed by atoms with E-state index in [1.54, 1.807) is 16.8 Å². The first-order valence-electron chi connectivity index (χ1n) is 9.77. The van der Waals surface area contributed by atoms with Crippen LogP contribution in [0.3, 0.4) is 0 Å². The largest absolute Gasteiger partial charge is 0.480 e. The Hall–Kier alpha value is -3.93. The highest BCUT2D eigenvalue weighted by molar-refractivity contribution is 5.85. The maximum Gasteiger partial charge on any atom is 0.226 e. The second kappa shape index (κ2) is 6.56. The maximum absolute atomic E-state index is 15.0. The van der Waals surface area contributed by atoms with Crippen molar-refractivity contribution in [2.45, 2.75) is 12.1 Å². The van der Waals surface area contributed by atoms with Gasteiger partial charge in [-0.15, -0.1) is 0 Å². The molecule has 1 N–H and O–H groups in total. The molecule has 6 heteroatoms. The van der Waals surface area contributed by atoms with Crippen molar-refractivity contribution in [3.05, 3.63) is 113 Å². The van der Waals surface area contributed by atoms with Gasteiger partial charge in [0.15, 0.2) is 0 Å². The van der Waals surface area contributed by atoms with Gasteiger partial charge in [-0.25, -0.2) is 9.07 Å². The number of ether oxygens (including phenoxy) is 1. The molecule has 0 amide bonds. The lowest BCUT2D eigenvalue weighted by Gasteiger charge is -2.39. The van der Waals surface area contributed by atoms with Gasteiger partial charge in [0.05, 0.1) is 5.70 Å². The van der Waals surface area contributed by atoms with Crippen LogP contribution in [0.5, 0.6) is 5.75 Å². The van der Waals surface area contributed by atoms with Gasteiger partial charge in [0.1, 0.15) is 30.0 Å². The van der Waals surface area contributed by atoms with Gasteiger partial charge in [-0.05, 0) is 23.8 Å². The number of benzene rings is 3. The van der Waals surface area contributed by atoms with Crippen LogP contribution in [0, 0.1) is 5.82 Å². The molecule has 5 nitrogen and oxygen atoms in total. The first-order valence-corrected chi connectivity index (χ1v) is 9.77. The van der Waals surface area contributed by atoms with Gasteiger partial charge in [-0.3, -0.25) is 0 Å². The fourth-order valence-electron chi connectivity index (χ4n) is 4.32. The fraction of sp³-hybridized carbons (Fsp3) is 0.0833. The van der Waals surface area contributed by atoms with E-state index in [4.69, 9.17) is 4.74 Å². The van der Waals surface area contributed by atoms with Gasteiger partial charge in [0, 0.05) is 16.7 Å². The number of nitrogens with zero attached hydrogens (tertiary/aromatic N) is 3. The van der Waals surface area contributed by atoms with E-state index in [2.05, 4.69) is 15.4 Å². The van der Waals surface area contributed by atoms with E-state index in [1.807, 2.05) is 60.7 Å². The topological polar surface area (TPSA) is 52.0 Å². The third kappa shape index (κ3) is 2.47.